The minimum atomic E-state index is -0.424. The van der Waals surface area contributed by atoms with Gasteiger partial charge in [-0.3, -0.25) is 0 Å². The zero-order valence-electron chi connectivity index (χ0n) is 16.1. The van der Waals surface area contributed by atoms with E-state index in [1.54, 1.807) is 18.2 Å². The van der Waals surface area contributed by atoms with Gasteiger partial charge in [-0.15, -0.1) is 0 Å². The summed E-state index contributed by atoms with van der Waals surface area (Å²) < 4.78 is 2.02. The molecule has 0 spiro atoms. The molecule has 156 valence electrons. The highest BCUT2D eigenvalue weighted by Crippen LogP contribution is 2.34. The zero-order chi connectivity index (χ0) is 22.0. The summed E-state index contributed by atoms with van der Waals surface area (Å²) >= 11 is 15.9. The summed E-state index contributed by atoms with van der Waals surface area (Å²) in [7, 11) is 0. The van der Waals surface area contributed by atoms with E-state index in [1.807, 2.05) is 54.6 Å². The summed E-state index contributed by atoms with van der Waals surface area (Å²) in [6, 6.07) is 22.3. The molecule has 0 unspecified atom stereocenters. The van der Waals surface area contributed by atoms with Gasteiger partial charge in [-0.25, -0.2) is 15.1 Å². The van der Waals surface area contributed by atoms with Gasteiger partial charge in [-0.2, -0.15) is 0 Å². The normalized spacial score (nSPS) is 10.9. The molecule has 0 aliphatic rings. The standard InChI is InChI=1S/C23H16BrCl2N3O2/c24-17-8-6-16(7-9-17)13-22-27-23(19-11-10-18(25)14-20(19)26)21(28(22)29(30)31)12-15-4-2-1-3-5-15/h1-11,14H,12-13H2. The number of aromatic nitrogens is 2. The fourth-order valence-electron chi connectivity index (χ4n) is 3.43. The van der Waals surface area contributed by atoms with Gasteiger partial charge in [-0.05, 0) is 41.5 Å². The zero-order valence-corrected chi connectivity index (χ0v) is 19.2. The predicted molar refractivity (Wildman–Crippen MR) is 126 cm³/mol. The van der Waals surface area contributed by atoms with Gasteiger partial charge >= 0.3 is 0 Å². The van der Waals surface area contributed by atoms with Crippen LogP contribution < -0.4 is 0 Å². The average molecular weight is 517 g/mol. The molecule has 8 heteroatoms. The molecule has 5 nitrogen and oxygen atoms in total. The van der Waals surface area contributed by atoms with Crippen LogP contribution in [-0.2, 0) is 12.8 Å². The number of nitro groups is 1. The second-order valence-electron chi connectivity index (χ2n) is 6.96. The number of imidazole rings is 1. The topological polar surface area (TPSA) is 61.0 Å². The first-order valence-corrected chi connectivity index (χ1v) is 11.0. The van der Waals surface area contributed by atoms with Gasteiger partial charge in [0.15, 0.2) is 10.9 Å². The lowest BCUT2D eigenvalue weighted by atomic mass is 10.0. The summed E-state index contributed by atoms with van der Waals surface area (Å²) in [4.78, 5) is 16.8. The Hall–Kier alpha value is -2.67. The highest BCUT2D eigenvalue weighted by Gasteiger charge is 2.27. The molecule has 1 heterocycles. The molecular formula is C23H16BrCl2N3O2. The smallest absolute Gasteiger partial charge is 0.181 e. The van der Waals surface area contributed by atoms with Crippen LogP contribution in [0.15, 0.2) is 77.3 Å². The van der Waals surface area contributed by atoms with E-state index in [9.17, 15) is 10.1 Å². The van der Waals surface area contributed by atoms with Crippen molar-refractivity contribution in [1.82, 2.24) is 9.66 Å². The molecule has 1 aromatic heterocycles. The quantitative estimate of drug-likeness (QED) is 0.208. The Morgan fingerprint density at radius 3 is 2.26 bits per heavy atom. The van der Waals surface area contributed by atoms with Gasteiger partial charge in [0.2, 0.25) is 0 Å². The number of halogens is 3. The highest BCUT2D eigenvalue weighted by atomic mass is 79.9. The predicted octanol–water partition coefficient (Wildman–Crippen LogP) is 6.84. The van der Waals surface area contributed by atoms with E-state index in [-0.39, 0.29) is 0 Å². The molecule has 0 saturated heterocycles. The van der Waals surface area contributed by atoms with Crippen LogP contribution in [0.3, 0.4) is 0 Å². The Morgan fingerprint density at radius 1 is 0.935 bits per heavy atom. The van der Waals surface area contributed by atoms with Gasteiger partial charge in [0.25, 0.3) is 0 Å². The average Bonchev–Trinajstić information content (AvgIpc) is 3.08. The summed E-state index contributed by atoms with van der Waals surface area (Å²) in [6.45, 7) is 0. The van der Waals surface area contributed by atoms with Crippen molar-refractivity contribution in [2.75, 3.05) is 0 Å². The Bertz CT molecular complexity index is 1240. The van der Waals surface area contributed by atoms with Gasteiger partial charge in [0, 0.05) is 27.9 Å². The summed E-state index contributed by atoms with van der Waals surface area (Å²) in [5.41, 5.74) is 3.40. The van der Waals surface area contributed by atoms with Crippen LogP contribution in [-0.4, -0.2) is 14.7 Å². The van der Waals surface area contributed by atoms with Crippen LogP contribution in [0.1, 0.15) is 22.6 Å². The number of rotatable bonds is 6. The molecular weight excluding hydrogens is 501 g/mol. The van der Waals surface area contributed by atoms with Crippen LogP contribution in [0.5, 0.6) is 0 Å². The van der Waals surface area contributed by atoms with Gasteiger partial charge in [0.05, 0.1) is 5.02 Å². The lowest BCUT2D eigenvalue weighted by molar-refractivity contribution is -0.545. The number of hydrogen-bond acceptors (Lipinski definition) is 3. The minimum absolute atomic E-state index is 0.307. The molecule has 4 rings (SSSR count). The van der Waals surface area contributed by atoms with Crippen LogP contribution in [0.2, 0.25) is 10.0 Å². The summed E-state index contributed by atoms with van der Waals surface area (Å²) in [6.07, 6.45) is 0.644. The van der Waals surface area contributed by atoms with Crippen molar-refractivity contribution in [3.05, 3.63) is 120 Å². The molecule has 0 amide bonds. The third-order valence-corrected chi connectivity index (χ3v) is 5.93. The first-order chi connectivity index (χ1) is 14.9. The van der Waals surface area contributed by atoms with Crippen molar-refractivity contribution in [3.8, 4) is 11.3 Å². The van der Waals surface area contributed by atoms with E-state index in [0.29, 0.717) is 45.7 Å². The molecule has 4 aromatic rings. The van der Waals surface area contributed by atoms with E-state index in [0.717, 1.165) is 20.3 Å². The number of benzene rings is 3. The van der Waals surface area contributed by atoms with Crippen molar-refractivity contribution >= 4 is 39.1 Å². The molecule has 0 aliphatic heterocycles. The molecule has 0 aliphatic carbocycles. The van der Waals surface area contributed by atoms with Crippen molar-refractivity contribution < 1.29 is 5.03 Å². The molecule has 0 radical (unpaired) electrons. The van der Waals surface area contributed by atoms with Gasteiger partial charge in [0.1, 0.15) is 11.4 Å². The highest BCUT2D eigenvalue weighted by molar-refractivity contribution is 9.10. The molecule has 31 heavy (non-hydrogen) atoms. The molecule has 0 bridgehead atoms. The van der Waals surface area contributed by atoms with Crippen molar-refractivity contribution in [2.24, 2.45) is 0 Å². The van der Waals surface area contributed by atoms with Crippen molar-refractivity contribution in [3.63, 3.8) is 0 Å². The Balaban J connectivity index is 1.89. The maximum atomic E-state index is 12.1. The molecule has 3 aromatic carbocycles. The molecule has 0 fully saturated rings. The van der Waals surface area contributed by atoms with Crippen LogP contribution >= 0.6 is 39.1 Å². The minimum Gasteiger partial charge on any atom is -0.234 e. The Kier molecular flexibility index (Phi) is 6.41. The SMILES string of the molecule is O=[N+]([O-])n1c(Cc2ccc(Br)cc2)nc(-c2ccc(Cl)cc2Cl)c1Cc1ccccc1. The van der Waals surface area contributed by atoms with E-state index in [2.05, 4.69) is 20.9 Å². The van der Waals surface area contributed by atoms with Gasteiger partial charge < -0.3 is 0 Å². The second-order valence-corrected chi connectivity index (χ2v) is 8.72. The van der Waals surface area contributed by atoms with Crippen molar-refractivity contribution in [2.45, 2.75) is 12.8 Å². The third-order valence-electron chi connectivity index (χ3n) is 4.85. The van der Waals surface area contributed by atoms with E-state index >= 15 is 0 Å². The van der Waals surface area contributed by atoms with E-state index in [4.69, 9.17) is 23.2 Å². The fourth-order valence-corrected chi connectivity index (χ4v) is 4.20. The Labute approximate surface area is 197 Å². The first-order valence-electron chi connectivity index (χ1n) is 9.41. The molecule has 0 atom stereocenters. The van der Waals surface area contributed by atoms with E-state index < -0.39 is 5.03 Å². The Morgan fingerprint density at radius 2 is 1.61 bits per heavy atom. The molecule has 0 N–H and O–H groups in total. The first kappa shape index (κ1) is 21.6. The van der Waals surface area contributed by atoms with Crippen LogP contribution in [0, 0.1) is 10.1 Å². The van der Waals surface area contributed by atoms with Crippen LogP contribution in [0.25, 0.3) is 11.3 Å². The lowest BCUT2D eigenvalue weighted by Crippen LogP contribution is -2.16. The van der Waals surface area contributed by atoms with Crippen LogP contribution in [0.4, 0.5) is 0 Å². The third kappa shape index (κ3) is 4.82. The van der Waals surface area contributed by atoms with Gasteiger partial charge in [-0.1, -0.05) is 86.3 Å². The van der Waals surface area contributed by atoms with E-state index in [1.165, 1.54) is 0 Å². The largest absolute Gasteiger partial charge is 0.234 e. The fraction of sp³-hybridized carbons (Fsp3) is 0.0870. The number of nitrogens with zero attached hydrogens (tertiary/aromatic N) is 3. The van der Waals surface area contributed by atoms with Crippen molar-refractivity contribution in [1.29, 1.82) is 0 Å². The maximum absolute atomic E-state index is 12.1. The summed E-state index contributed by atoms with van der Waals surface area (Å²) in [5, 5.41) is 12.6. The maximum Gasteiger partial charge on any atom is 0.181 e. The molecule has 0 saturated carbocycles. The second kappa shape index (κ2) is 9.22. The lowest BCUT2D eigenvalue weighted by Gasteiger charge is -2.07. The monoisotopic (exact) mass is 515 g/mol. The summed E-state index contributed by atoms with van der Waals surface area (Å²) in [5.74, 6) is 0.333. The number of hydrogen-bond donors (Lipinski definition) is 0.